The lowest BCUT2D eigenvalue weighted by molar-refractivity contribution is -0.114. The van der Waals surface area contributed by atoms with Gasteiger partial charge in [0.15, 0.2) is 0 Å². The van der Waals surface area contributed by atoms with Gasteiger partial charge in [-0.15, -0.1) is 0 Å². The van der Waals surface area contributed by atoms with Crippen molar-refractivity contribution in [2.75, 3.05) is 17.7 Å². The molecule has 21 heavy (non-hydrogen) atoms. The summed E-state index contributed by atoms with van der Waals surface area (Å²) < 4.78 is 24.2. The predicted octanol–water partition coefficient (Wildman–Crippen LogP) is 3.14. The van der Waals surface area contributed by atoms with E-state index < -0.39 is 5.82 Å². The van der Waals surface area contributed by atoms with Gasteiger partial charge in [-0.2, -0.15) is 0 Å². The Bertz CT molecular complexity index is 625. The molecule has 0 atom stereocenters. The highest BCUT2D eigenvalue weighted by Crippen LogP contribution is 2.21. The van der Waals surface area contributed by atoms with Crippen molar-refractivity contribution in [1.29, 1.82) is 0 Å². The van der Waals surface area contributed by atoms with Crippen molar-refractivity contribution in [3.05, 3.63) is 47.7 Å². The zero-order valence-electron chi connectivity index (χ0n) is 11.9. The first-order valence-electron chi connectivity index (χ1n) is 6.46. The van der Waals surface area contributed by atoms with Crippen LogP contribution in [0.4, 0.5) is 15.8 Å². The van der Waals surface area contributed by atoms with Crippen LogP contribution in [0.3, 0.4) is 0 Å². The van der Waals surface area contributed by atoms with E-state index in [0.717, 1.165) is 0 Å². The van der Waals surface area contributed by atoms with E-state index in [-0.39, 0.29) is 5.91 Å². The number of anilines is 2. The second kappa shape index (κ2) is 6.90. The van der Waals surface area contributed by atoms with Crippen molar-refractivity contribution in [3.63, 3.8) is 0 Å². The van der Waals surface area contributed by atoms with Gasteiger partial charge in [-0.3, -0.25) is 4.79 Å². The van der Waals surface area contributed by atoms with Crippen LogP contribution in [0.15, 0.2) is 34.7 Å². The summed E-state index contributed by atoms with van der Waals surface area (Å²) >= 11 is 0. The second-order valence-corrected chi connectivity index (χ2v) is 4.53. The average Bonchev–Trinajstić information content (AvgIpc) is 2.87. The number of ether oxygens (including phenoxy) is 1. The maximum Gasteiger partial charge on any atom is 0.221 e. The monoisotopic (exact) mass is 292 g/mol. The lowest BCUT2D eigenvalue weighted by Gasteiger charge is -2.09. The lowest BCUT2D eigenvalue weighted by Crippen LogP contribution is -2.07. The highest BCUT2D eigenvalue weighted by molar-refractivity contribution is 5.89. The topological polar surface area (TPSA) is 63.5 Å². The number of hydrogen-bond acceptors (Lipinski definition) is 4. The summed E-state index contributed by atoms with van der Waals surface area (Å²) in [6.45, 7) is 2.13. The van der Waals surface area contributed by atoms with Gasteiger partial charge in [0.1, 0.15) is 23.9 Å². The third kappa shape index (κ3) is 4.32. The van der Waals surface area contributed by atoms with Gasteiger partial charge < -0.3 is 19.8 Å². The number of hydrogen-bond donors (Lipinski definition) is 2. The summed E-state index contributed by atoms with van der Waals surface area (Å²) in [7, 11) is 1.59. The Kier molecular flexibility index (Phi) is 4.94. The van der Waals surface area contributed by atoms with Crippen LogP contribution in [0.25, 0.3) is 0 Å². The van der Waals surface area contributed by atoms with Gasteiger partial charge in [-0.1, -0.05) is 0 Å². The Labute approximate surface area is 122 Å². The number of carbonyl (C=O) groups is 1. The van der Waals surface area contributed by atoms with Crippen LogP contribution in [-0.2, 0) is 22.7 Å². The largest absolute Gasteiger partial charge is 0.462 e. The number of halogens is 1. The second-order valence-electron chi connectivity index (χ2n) is 4.53. The minimum absolute atomic E-state index is 0.206. The van der Waals surface area contributed by atoms with E-state index >= 15 is 0 Å². The zero-order chi connectivity index (χ0) is 15.2. The summed E-state index contributed by atoms with van der Waals surface area (Å²) in [5.74, 6) is 0.781. The van der Waals surface area contributed by atoms with Crippen LogP contribution in [-0.4, -0.2) is 13.0 Å². The van der Waals surface area contributed by atoms with Crippen molar-refractivity contribution in [2.24, 2.45) is 0 Å². The van der Waals surface area contributed by atoms with Crippen LogP contribution in [0.2, 0.25) is 0 Å². The number of rotatable bonds is 6. The smallest absolute Gasteiger partial charge is 0.221 e. The Morgan fingerprint density at radius 3 is 2.76 bits per heavy atom. The molecule has 1 heterocycles. The molecule has 6 heteroatoms. The lowest BCUT2D eigenvalue weighted by atomic mass is 10.2. The number of amides is 1. The minimum Gasteiger partial charge on any atom is -0.462 e. The summed E-state index contributed by atoms with van der Waals surface area (Å²) in [5, 5.41) is 5.54. The van der Waals surface area contributed by atoms with E-state index in [9.17, 15) is 9.18 Å². The Morgan fingerprint density at radius 1 is 1.29 bits per heavy atom. The molecule has 0 unspecified atom stereocenters. The molecule has 0 aliphatic carbocycles. The molecule has 112 valence electrons. The number of benzene rings is 1. The van der Waals surface area contributed by atoms with Gasteiger partial charge in [-0.05, 0) is 30.3 Å². The van der Waals surface area contributed by atoms with E-state index in [0.29, 0.717) is 36.0 Å². The van der Waals surface area contributed by atoms with Crippen LogP contribution in [0, 0.1) is 5.82 Å². The predicted molar refractivity (Wildman–Crippen MR) is 77.5 cm³/mol. The highest BCUT2D eigenvalue weighted by Gasteiger charge is 2.06. The molecule has 0 radical (unpaired) electrons. The quantitative estimate of drug-likeness (QED) is 0.858. The summed E-state index contributed by atoms with van der Waals surface area (Å²) in [4.78, 5) is 11.0. The van der Waals surface area contributed by atoms with Gasteiger partial charge in [0.25, 0.3) is 0 Å². The first-order chi connectivity index (χ1) is 10.1. The summed E-state index contributed by atoms with van der Waals surface area (Å²) in [6.07, 6.45) is 0. The van der Waals surface area contributed by atoms with Gasteiger partial charge in [0.2, 0.25) is 5.91 Å². The van der Waals surface area contributed by atoms with Gasteiger partial charge in [0, 0.05) is 19.7 Å². The first kappa shape index (κ1) is 15.1. The van der Waals surface area contributed by atoms with Crippen molar-refractivity contribution in [1.82, 2.24) is 0 Å². The van der Waals surface area contributed by atoms with Gasteiger partial charge >= 0.3 is 0 Å². The van der Waals surface area contributed by atoms with Crippen molar-refractivity contribution in [2.45, 2.75) is 20.1 Å². The third-order valence-corrected chi connectivity index (χ3v) is 2.74. The Morgan fingerprint density at radius 2 is 2.05 bits per heavy atom. The molecule has 1 aromatic carbocycles. The van der Waals surface area contributed by atoms with Gasteiger partial charge in [0.05, 0.1) is 12.2 Å². The molecule has 2 N–H and O–H groups in total. The maximum atomic E-state index is 13.7. The fourth-order valence-corrected chi connectivity index (χ4v) is 1.86. The Hall–Kier alpha value is -2.34. The molecule has 0 spiro atoms. The molecule has 1 amide bonds. The Balaban J connectivity index is 2.02. The fraction of sp³-hybridized carbons (Fsp3) is 0.267. The number of carbonyl (C=O) groups excluding carboxylic acids is 1. The van der Waals surface area contributed by atoms with E-state index in [1.165, 1.54) is 25.1 Å². The average molecular weight is 292 g/mol. The highest BCUT2D eigenvalue weighted by atomic mass is 19.1. The van der Waals surface area contributed by atoms with E-state index in [1.54, 1.807) is 13.2 Å². The van der Waals surface area contributed by atoms with E-state index in [4.69, 9.17) is 9.15 Å². The molecule has 1 aromatic heterocycles. The van der Waals surface area contributed by atoms with Crippen molar-refractivity contribution >= 4 is 17.3 Å². The standard InChI is InChI=1S/C15H17FN2O3/c1-10(19)18-11-3-6-14(16)15(7-11)17-8-12-4-5-13(21-12)9-20-2/h3-7,17H,8-9H2,1-2H3,(H,18,19). The molecule has 0 aliphatic rings. The zero-order valence-corrected chi connectivity index (χ0v) is 11.9. The number of nitrogens with one attached hydrogen (secondary N) is 2. The van der Waals surface area contributed by atoms with Crippen molar-refractivity contribution < 1.29 is 18.3 Å². The molecule has 0 fully saturated rings. The molecule has 2 rings (SSSR count). The van der Waals surface area contributed by atoms with Crippen LogP contribution < -0.4 is 10.6 Å². The molecule has 0 aliphatic heterocycles. The number of methoxy groups -OCH3 is 1. The van der Waals surface area contributed by atoms with Crippen LogP contribution >= 0.6 is 0 Å². The maximum absolute atomic E-state index is 13.7. The molecule has 5 nitrogen and oxygen atoms in total. The molecular formula is C15H17FN2O3. The van der Waals surface area contributed by atoms with E-state index in [1.807, 2.05) is 6.07 Å². The van der Waals surface area contributed by atoms with Crippen molar-refractivity contribution in [3.8, 4) is 0 Å². The fourth-order valence-electron chi connectivity index (χ4n) is 1.86. The molecule has 2 aromatic rings. The third-order valence-electron chi connectivity index (χ3n) is 2.74. The molecule has 0 saturated carbocycles. The molecule has 0 bridgehead atoms. The SMILES string of the molecule is COCc1ccc(CNc2cc(NC(C)=O)ccc2F)o1. The van der Waals surface area contributed by atoms with Gasteiger partial charge in [-0.25, -0.2) is 4.39 Å². The molecule has 0 saturated heterocycles. The van der Waals surface area contributed by atoms with Crippen LogP contribution in [0.5, 0.6) is 0 Å². The summed E-state index contributed by atoms with van der Waals surface area (Å²) in [6, 6.07) is 7.95. The van der Waals surface area contributed by atoms with Crippen LogP contribution in [0.1, 0.15) is 18.4 Å². The summed E-state index contributed by atoms with van der Waals surface area (Å²) in [5.41, 5.74) is 0.830. The first-order valence-corrected chi connectivity index (χ1v) is 6.46. The number of furan rings is 1. The molecular weight excluding hydrogens is 275 g/mol. The minimum atomic E-state index is -0.396. The van der Waals surface area contributed by atoms with E-state index in [2.05, 4.69) is 10.6 Å². The normalized spacial score (nSPS) is 10.4.